The Morgan fingerprint density at radius 1 is 0.970 bits per heavy atom. The van der Waals surface area contributed by atoms with Crippen LogP contribution in [0.5, 0.6) is 0 Å². The van der Waals surface area contributed by atoms with E-state index in [9.17, 15) is 4.79 Å². The monoisotopic (exact) mass is 472 g/mol. The van der Waals surface area contributed by atoms with Crippen LogP contribution in [0.1, 0.15) is 18.1 Å². The number of aryl methyl sites for hydroxylation is 1. The van der Waals surface area contributed by atoms with E-state index in [1.54, 1.807) is 23.1 Å². The van der Waals surface area contributed by atoms with Gasteiger partial charge in [-0.1, -0.05) is 77.6 Å². The van der Waals surface area contributed by atoms with Gasteiger partial charge in [0.1, 0.15) is 0 Å². The number of rotatable bonds is 8. The summed E-state index contributed by atoms with van der Waals surface area (Å²) >= 11 is 3.17. The lowest BCUT2D eigenvalue weighted by molar-refractivity contribution is -0.116. The molecule has 1 N–H and O–H groups in total. The van der Waals surface area contributed by atoms with Gasteiger partial charge in [0.2, 0.25) is 11.8 Å². The summed E-state index contributed by atoms with van der Waals surface area (Å²) in [4.78, 5) is 21.4. The number of hydrogen-bond donors (Lipinski definition) is 1. The number of carbonyl (C=O) groups is 1. The second kappa shape index (κ2) is 9.97. The zero-order chi connectivity index (χ0) is 22.5. The SMILES string of the molecule is O=C(CCc1nc(CSc2nc(-c3ccccc3)cs2)no1)Nc1ccc2ccccc2c1. The van der Waals surface area contributed by atoms with Crippen LogP contribution in [0, 0.1) is 0 Å². The summed E-state index contributed by atoms with van der Waals surface area (Å²) < 4.78 is 6.27. The number of anilines is 1. The number of amides is 1. The van der Waals surface area contributed by atoms with Gasteiger partial charge in [0.15, 0.2) is 10.2 Å². The average Bonchev–Trinajstić information content (AvgIpc) is 3.52. The minimum atomic E-state index is -0.0874. The molecule has 0 spiro atoms. The molecule has 8 heteroatoms. The van der Waals surface area contributed by atoms with E-state index < -0.39 is 0 Å². The van der Waals surface area contributed by atoms with Crippen molar-refractivity contribution in [1.82, 2.24) is 15.1 Å². The second-order valence-electron chi connectivity index (χ2n) is 7.37. The highest BCUT2D eigenvalue weighted by Crippen LogP contribution is 2.29. The second-order valence-corrected chi connectivity index (χ2v) is 9.45. The van der Waals surface area contributed by atoms with E-state index in [-0.39, 0.29) is 12.3 Å². The number of thiazole rings is 1. The first-order valence-electron chi connectivity index (χ1n) is 10.5. The Morgan fingerprint density at radius 3 is 2.67 bits per heavy atom. The van der Waals surface area contributed by atoms with Gasteiger partial charge in [0.25, 0.3) is 0 Å². The van der Waals surface area contributed by atoms with Crippen LogP contribution in [0.25, 0.3) is 22.0 Å². The van der Waals surface area contributed by atoms with E-state index in [1.807, 2.05) is 78.2 Å². The number of fused-ring (bicyclic) bond motifs is 1. The van der Waals surface area contributed by atoms with Gasteiger partial charge in [-0.2, -0.15) is 4.98 Å². The van der Waals surface area contributed by atoms with Gasteiger partial charge in [-0.05, 0) is 22.9 Å². The highest BCUT2D eigenvalue weighted by molar-refractivity contribution is 8.00. The van der Waals surface area contributed by atoms with Gasteiger partial charge in [-0.25, -0.2) is 4.98 Å². The van der Waals surface area contributed by atoms with Crippen molar-refractivity contribution in [3.8, 4) is 11.3 Å². The lowest BCUT2D eigenvalue weighted by atomic mass is 10.1. The van der Waals surface area contributed by atoms with Crippen molar-refractivity contribution in [2.24, 2.45) is 0 Å². The Morgan fingerprint density at radius 2 is 1.79 bits per heavy atom. The lowest BCUT2D eigenvalue weighted by Gasteiger charge is -2.05. The molecule has 2 aromatic heterocycles. The molecule has 33 heavy (non-hydrogen) atoms. The smallest absolute Gasteiger partial charge is 0.227 e. The third-order valence-electron chi connectivity index (χ3n) is 4.99. The molecule has 0 unspecified atom stereocenters. The summed E-state index contributed by atoms with van der Waals surface area (Å²) in [5.41, 5.74) is 2.85. The van der Waals surface area contributed by atoms with Crippen molar-refractivity contribution in [3.63, 3.8) is 0 Å². The quantitative estimate of drug-likeness (QED) is 0.270. The predicted octanol–water partition coefficient (Wildman–Crippen LogP) is 6.21. The number of nitrogens with zero attached hydrogens (tertiary/aromatic N) is 3. The van der Waals surface area contributed by atoms with Crippen LogP contribution in [-0.2, 0) is 17.0 Å². The Hall–Kier alpha value is -3.49. The van der Waals surface area contributed by atoms with E-state index in [1.165, 1.54) is 0 Å². The molecule has 0 fully saturated rings. The predicted molar refractivity (Wildman–Crippen MR) is 132 cm³/mol. The summed E-state index contributed by atoms with van der Waals surface area (Å²) in [6.07, 6.45) is 0.668. The molecular weight excluding hydrogens is 452 g/mol. The van der Waals surface area contributed by atoms with Crippen molar-refractivity contribution in [2.45, 2.75) is 22.9 Å². The van der Waals surface area contributed by atoms with Crippen molar-refractivity contribution in [1.29, 1.82) is 0 Å². The first-order chi connectivity index (χ1) is 16.2. The van der Waals surface area contributed by atoms with Crippen molar-refractivity contribution in [2.75, 3.05) is 5.32 Å². The summed E-state index contributed by atoms with van der Waals surface area (Å²) in [5.74, 6) is 1.54. The van der Waals surface area contributed by atoms with Crippen molar-refractivity contribution in [3.05, 3.63) is 89.9 Å². The molecule has 0 saturated heterocycles. The number of nitrogens with one attached hydrogen (secondary N) is 1. The van der Waals surface area contributed by atoms with Gasteiger partial charge in [-0.3, -0.25) is 4.79 Å². The van der Waals surface area contributed by atoms with E-state index in [2.05, 4.69) is 20.4 Å². The van der Waals surface area contributed by atoms with E-state index in [0.29, 0.717) is 23.9 Å². The molecule has 5 rings (SSSR count). The Balaban J connectivity index is 1.11. The van der Waals surface area contributed by atoms with Crippen LogP contribution in [0.4, 0.5) is 5.69 Å². The Labute approximate surface area is 199 Å². The first-order valence-corrected chi connectivity index (χ1v) is 12.3. The number of thioether (sulfide) groups is 1. The summed E-state index contributed by atoms with van der Waals surface area (Å²) in [7, 11) is 0. The van der Waals surface area contributed by atoms with Gasteiger partial charge in [0.05, 0.1) is 11.4 Å². The van der Waals surface area contributed by atoms with Crippen LogP contribution < -0.4 is 5.32 Å². The molecule has 0 aliphatic carbocycles. The largest absolute Gasteiger partial charge is 0.339 e. The number of carbonyl (C=O) groups excluding carboxylic acids is 1. The molecular formula is C25H20N4O2S2. The molecule has 164 valence electrons. The zero-order valence-corrected chi connectivity index (χ0v) is 19.2. The molecule has 5 aromatic rings. The third kappa shape index (κ3) is 5.47. The molecule has 2 heterocycles. The molecule has 0 aliphatic heterocycles. The van der Waals surface area contributed by atoms with Crippen LogP contribution in [0.15, 0.2) is 87.0 Å². The topological polar surface area (TPSA) is 80.9 Å². The molecule has 1 amide bonds. The maximum absolute atomic E-state index is 12.3. The fourth-order valence-electron chi connectivity index (χ4n) is 3.35. The number of hydrogen-bond acceptors (Lipinski definition) is 7. The van der Waals surface area contributed by atoms with Gasteiger partial charge < -0.3 is 9.84 Å². The minimum Gasteiger partial charge on any atom is -0.339 e. The molecule has 0 bridgehead atoms. The lowest BCUT2D eigenvalue weighted by Crippen LogP contribution is -2.12. The molecule has 0 radical (unpaired) electrons. The standard InChI is InChI=1S/C25H20N4O2S2/c30-23(26-20-11-10-17-6-4-5-9-19(17)14-20)12-13-24-28-22(29-31-24)16-33-25-27-21(15-32-25)18-7-2-1-3-8-18/h1-11,14-15H,12-13,16H2,(H,26,30). The van der Waals surface area contributed by atoms with Crippen molar-refractivity contribution >= 4 is 45.5 Å². The van der Waals surface area contributed by atoms with Crippen LogP contribution >= 0.6 is 23.1 Å². The minimum absolute atomic E-state index is 0.0874. The van der Waals surface area contributed by atoms with Gasteiger partial charge in [0, 0.05) is 29.5 Å². The van der Waals surface area contributed by atoms with Crippen molar-refractivity contribution < 1.29 is 9.32 Å². The molecule has 6 nitrogen and oxygen atoms in total. The summed E-state index contributed by atoms with van der Waals surface area (Å²) in [6, 6.07) is 24.0. The van der Waals surface area contributed by atoms with Crippen LogP contribution in [-0.4, -0.2) is 21.0 Å². The van der Waals surface area contributed by atoms with Gasteiger partial charge in [-0.15, -0.1) is 11.3 Å². The highest BCUT2D eigenvalue weighted by atomic mass is 32.2. The molecule has 0 saturated carbocycles. The highest BCUT2D eigenvalue weighted by Gasteiger charge is 2.12. The van der Waals surface area contributed by atoms with E-state index >= 15 is 0 Å². The third-order valence-corrected chi connectivity index (χ3v) is 7.00. The maximum atomic E-state index is 12.3. The maximum Gasteiger partial charge on any atom is 0.227 e. The first kappa shape index (κ1) is 21.4. The molecule has 0 aliphatic rings. The van der Waals surface area contributed by atoms with Crippen LogP contribution in [0.3, 0.4) is 0 Å². The van der Waals surface area contributed by atoms with Crippen LogP contribution in [0.2, 0.25) is 0 Å². The normalized spacial score (nSPS) is 11.0. The van der Waals surface area contributed by atoms with E-state index in [0.717, 1.165) is 32.1 Å². The average molecular weight is 473 g/mol. The molecule has 3 aromatic carbocycles. The molecule has 0 atom stereocenters. The fourth-order valence-corrected chi connectivity index (χ4v) is 5.03. The Bertz CT molecular complexity index is 1380. The Kier molecular flexibility index (Phi) is 6.46. The summed E-state index contributed by atoms with van der Waals surface area (Å²) in [5, 5.41) is 11.2. The van der Waals surface area contributed by atoms with E-state index in [4.69, 9.17) is 4.52 Å². The fraction of sp³-hybridized carbons (Fsp3) is 0.120. The van der Waals surface area contributed by atoms with Gasteiger partial charge >= 0.3 is 0 Å². The zero-order valence-electron chi connectivity index (χ0n) is 17.6. The number of aromatic nitrogens is 3. The number of benzene rings is 3. The summed E-state index contributed by atoms with van der Waals surface area (Å²) in [6.45, 7) is 0.